The third kappa shape index (κ3) is 6.84. The maximum absolute atomic E-state index is 12.9. The Bertz CT molecular complexity index is 1710. The van der Waals surface area contributed by atoms with E-state index >= 15 is 0 Å². The van der Waals surface area contributed by atoms with Gasteiger partial charge in [0, 0.05) is 23.0 Å². The van der Waals surface area contributed by atoms with Crippen molar-refractivity contribution in [2.45, 2.75) is 26.0 Å². The molecule has 0 atom stereocenters. The number of carboxylic acids is 1. The first-order chi connectivity index (χ1) is 21.1. The van der Waals surface area contributed by atoms with Crippen molar-refractivity contribution in [1.82, 2.24) is 4.57 Å². The van der Waals surface area contributed by atoms with Gasteiger partial charge in [0.15, 0.2) is 0 Å². The second kappa shape index (κ2) is 13.0. The number of ether oxygens (including phenoxy) is 4. The molecule has 1 heterocycles. The molecule has 0 unspecified atom stereocenters. The van der Waals surface area contributed by atoms with E-state index in [4.69, 9.17) is 18.9 Å². The van der Waals surface area contributed by atoms with Crippen LogP contribution in [0, 0.1) is 5.92 Å². The summed E-state index contributed by atoms with van der Waals surface area (Å²) in [4.78, 5) is 12.9. The van der Waals surface area contributed by atoms with Crippen LogP contribution in [-0.2, 0) is 17.9 Å². The minimum absolute atomic E-state index is 0.209. The van der Waals surface area contributed by atoms with Crippen LogP contribution in [0.15, 0.2) is 97.1 Å². The molecule has 0 amide bonds. The molecule has 1 saturated carbocycles. The molecule has 1 aliphatic rings. The zero-order valence-electron chi connectivity index (χ0n) is 24.2. The minimum atomic E-state index is -1.00. The van der Waals surface area contributed by atoms with E-state index < -0.39 is 5.97 Å². The van der Waals surface area contributed by atoms with Crippen LogP contribution >= 0.6 is 0 Å². The fraction of sp³-hybridized carbons (Fsp3) is 0.250. The maximum atomic E-state index is 12.9. The van der Waals surface area contributed by atoms with Crippen LogP contribution in [0.2, 0.25) is 0 Å². The SMILES string of the molecule is COc1cccc(Cn2c(C(=O)O)c(-c3cccc(OCC4CC4)c3)c3cc(OCCOCc4ccccc4)ccc32)c1. The summed E-state index contributed by atoms with van der Waals surface area (Å²) in [5.74, 6) is 1.71. The molecule has 0 bridgehead atoms. The summed E-state index contributed by atoms with van der Waals surface area (Å²) >= 11 is 0. The van der Waals surface area contributed by atoms with E-state index in [0.717, 1.165) is 39.1 Å². The van der Waals surface area contributed by atoms with Crippen LogP contribution in [0.1, 0.15) is 34.5 Å². The monoisotopic (exact) mass is 577 g/mol. The van der Waals surface area contributed by atoms with Crippen LogP contribution in [0.5, 0.6) is 17.2 Å². The fourth-order valence-electron chi connectivity index (χ4n) is 5.28. The number of fused-ring (bicyclic) bond motifs is 1. The molecule has 220 valence electrons. The molecule has 1 aliphatic carbocycles. The Labute approximate surface area is 251 Å². The van der Waals surface area contributed by atoms with E-state index in [2.05, 4.69) is 0 Å². The molecule has 0 saturated heterocycles. The third-order valence-electron chi connectivity index (χ3n) is 7.63. The van der Waals surface area contributed by atoms with Gasteiger partial charge in [-0.15, -0.1) is 0 Å². The number of aromatic nitrogens is 1. The lowest BCUT2D eigenvalue weighted by Crippen LogP contribution is -2.10. The van der Waals surface area contributed by atoms with Gasteiger partial charge in [0.05, 0.1) is 26.9 Å². The Morgan fingerprint density at radius 1 is 0.814 bits per heavy atom. The summed E-state index contributed by atoms with van der Waals surface area (Å²) < 4.78 is 25.2. The molecule has 7 heteroatoms. The van der Waals surface area contributed by atoms with Crippen molar-refractivity contribution in [2.75, 3.05) is 26.9 Å². The van der Waals surface area contributed by atoms with E-state index in [1.54, 1.807) is 7.11 Å². The Balaban J connectivity index is 1.34. The first-order valence-electron chi connectivity index (χ1n) is 14.6. The number of hydrogen-bond acceptors (Lipinski definition) is 5. The van der Waals surface area contributed by atoms with E-state index in [1.807, 2.05) is 102 Å². The lowest BCUT2D eigenvalue weighted by atomic mass is 10.0. The van der Waals surface area contributed by atoms with Crippen LogP contribution in [-0.4, -0.2) is 42.6 Å². The van der Waals surface area contributed by atoms with Gasteiger partial charge in [0.1, 0.15) is 29.5 Å². The molecule has 7 nitrogen and oxygen atoms in total. The second-order valence-corrected chi connectivity index (χ2v) is 10.8. The molecule has 0 radical (unpaired) electrons. The molecular weight excluding hydrogens is 542 g/mol. The summed E-state index contributed by atoms with van der Waals surface area (Å²) in [6.45, 7) is 2.35. The molecule has 1 aromatic heterocycles. The Kier molecular flexibility index (Phi) is 8.61. The largest absolute Gasteiger partial charge is 0.497 e. The molecule has 6 rings (SSSR count). The van der Waals surface area contributed by atoms with E-state index in [9.17, 15) is 9.90 Å². The quantitative estimate of drug-likeness (QED) is 0.138. The highest BCUT2D eigenvalue weighted by atomic mass is 16.5. The molecule has 43 heavy (non-hydrogen) atoms. The molecule has 0 aliphatic heterocycles. The fourth-order valence-corrected chi connectivity index (χ4v) is 5.28. The number of nitrogens with zero attached hydrogens (tertiary/aromatic N) is 1. The maximum Gasteiger partial charge on any atom is 0.353 e. The second-order valence-electron chi connectivity index (χ2n) is 10.8. The van der Waals surface area contributed by atoms with Gasteiger partial charge in [-0.2, -0.15) is 0 Å². The van der Waals surface area contributed by atoms with Crippen LogP contribution < -0.4 is 14.2 Å². The molecule has 1 N–H and O–H groups in total. The van der Waals surface area contributed by atoms with Gasteiger partial charge >= 0.3 is 5.97 Å². The molecule has 4 aromatic carbocycles. The van der Waals surface area contributed by atoms with E-state index in [1.165, 1.54) is 12.8 Å². The molecule has 5 aromatic rings. The topological polar surface area (TPSA) is 79.2 Å². The molecule has 1 fully saturated rings. The van der Waals surface area contributed by atoms with Crippen molar-refractivity contribution in [2.24, 2.45) is 5.92 Å². The third-order valence-corrected chi connectivity index (χ3v) is 7.63. The van der Waals surface area contributed by atoms with Crippen molar-refractivity contribution in [3.8, 4) is 28.4 Å². The highest BCUT2D eigenvalue weighted by Crippen LogP contribution is 2.39. The summed E-state index contributed by atoms with van der Waals surface area (Å²) in [7, 11) is 1.62. The van der Waals surface area contributed by atoms with E-state index in [0.29, 0.717) is 50.2 Å². The van der Waals surface area contributed by atoms with Gasteiger partial charge in [0.25, 0.3) is 0 Å². The summed E-state index contributed by atoms with van der Waals surface area (Å²) in [5.41, 5.74) is 4.46. The number of carbonyl (C=O) groups is 1. The Morgan fingerprint density at radius 2 is 1.58 bits per heavy atom. The van der Waals surface area contributed by atoms with Gasteiger partial charge in [0.2, 0.25) is 0 Å². The predicted molar refractivity (Wildman–Crippen MR) is 166 cm³/mol. The average molecular weight is 578 g/mol. The highest BCUT2D eigenvalue weighted by Gasteiger charge is 2.25. The Hall–Kier alpha value is -4.75. The molecule has 0 spiro atoms. The first kappa shape index (κ1) is 28.4. The van der Waals surface area contributed by atoms with Crippen LogP contribution in [0.4, 0.5) is 0 Å². The number of rotatable bonds is 14. The van der Waals surface area contributed by atoms with Crippen molar-refractivity contribution < 1.29 is 28.8 Å². The smallest absolute Gasteiger partial charge is 0.353 e. The van der Waals surface area contributed by atoms with Gasteiger partial charge in [-0.3, -0.25) is 0 Å². The number of hydrogen-bond donors (Lipinski definition) is 1. The van der Waals surface area contributed by atoms with Crippen LogP contribution in [0.3, 0.4) is 0 Å². The number of carboxylic acid groups (broad SMARTS) is 1. The normalized spacial score (nSPS) is 12.8. The van der Waals surface area contributed by atoms with Gasteiger partial charge < -0.3 is 28.6 Å². The van der Waals surface area contributed by atoms with Gasteiger partial charge in [-0.1, -0.05) is 54.6 Å². The lowest BCUT2D eigenvalue weighted by molar-refractivity contribution is 0.0687. The number of benzene rings is 4. The van der Waals surface area contributed by atoms with Crippen molar-refractivity contribution >= 4 is 16.9 Å². The van der Waals surface area contributed by atoms with E-state index in [-0.39, 0.29) is 5.69 Å². The van der Waals surface area contributed by atoms with Crippen molar-refractivity contribution in [1.29, 1.82) is 0 Å². The number of methoxy groups -OCH3 is 1. The Morgan fingerprint density at radius 3 is 2.37 bits per heavy atom. The standard InChI is InChI=1S/C36H35NO6/c1-40-29-11-5-9-27(19-29)22-37-33-16-15-31(42-18-17-41-23-25-7-3-2-4-8-25)21-32(33)34(35(37)36(38)39)28-10-6-12-30(20-28)43-24-26-13-14-26/h2-12,15-16,19-21,26H,13-14,17-18,22-24H2,1H3,(H,38,39). The van der Waals surface area contributed by atoms with Gasteiger partial charge in [-0.05, 0) is 77.9 Å². The summed E-state index contributed by atoms with van der Waals surface area (Å²) in [5, 5.41) is 11.4. The summed E-state index contributed by atoms with van der Waals surface area (Å²) in [6, 6.07) is 31.1. The predicted octanol–water partition coefficient (Wildman–Crippen LogP) is 7.45. The highest BCUT2D eigenvalue weighted by molar-refractivity contribution is 6.08. The van der Waals surface area contributed by atoms with Crippen molar-refractivity contribution in [3.63, 3.8) is 0 Å². The first-order valence-corrected chi connectivity index (χ1v) is 14.6. The summed E-state index contributed by atoms with van der Waals surface area (Å²) in [6.07, 6.45) is 2.39. The molecular formula is C36H35NO6. The van der Waals surface area contributed by atoms with Gasteiger partial charge in [-0.25, -0.2) is 4.79 Å². The average Bonchev–Trinajstić information content (AvgIpc) is 3.81. The minimum Gasteiger partial charge on any atom is -0.497 e. The number of aromatic carboxylic acids is 1. The zero-order chi connectivity index (χ0) is 29.6. The lowest BCUT2D eigenvalue weighted by Gasteiger charge is -2.11. The zero-order valence-corrected chi connectivity index (χ0v) is 24.2. The van der Waals surface area contributed by atoms with Crippen molar-refractivity contribution in [3.05, 3.63) is 114 Å². The van der Waals surface area contributed by atoms with Crippen LogP contribution in [0.25, 0.3) is 22.0 Å².